The highest BCUT2D eigenvalue weighted by atomic mass is 32.2. The summed E-state index contributed by atoms with van der Waals surface area (Å²) in [5.74, 6) is 2.80. The fourth-order valence-electron chi connectivity index (χ4n) is 2.09. The quantitative estimate of drug-likeness (QED) is 0.622. The first-order valence-corrected chi connectivity index (χ1v) is 7.81. The van der Waals surface area contributed by atoms with Gasteiger partial charge in [0.1, 0.15) is 0 Å². The van der Waals surface area contributed by atoms with Crippen LogP contribution in [-0.2, 0) is 0 Å². The molecule has 1 rings (SSSR count). The van der Waals surface area contributed by atoms with E-state index >= 15 is 0 Å². The topological polar surface area (TPSA) is 3.24 Å². The second-order valence-electron chi connectivity index (χ2n) is 4.74. The lowest BCUT2D eigenvalue weighted by Gasteiger charge is -2.16. The van der Waals surface area contributed by atoms with Crippen LogP contribution < -0.4 is 0 Å². The molecule has 1 nitrogen and oxygen atoms in total. The van der Waals surface area contributed by atoms with Gasteiger partial charge in [0.05, 0.1) is 0 Å². The van der Waals surface area contributed by atoms with Crippen molar-refractivity contribution >= 4 is 11.8 Å². The molecule has 1 fully saturated rings. The largest absolute Gasteiger partial charge is 0.306 e. The summed E-state index contributed by atoms with van der Waals surface area (Å²) in [5.41, 5.74) is 0. The van der Waals surface area contributed by atoms with E-state index in [1.807, 2.05) is 0 Å². The Morgan fingerprint density at radius 3 is 1.80 bits per heavy atom. The molecule has 0 bridgehead atoms. The Hall–Kier alpha value is 0.310. The molecule has 0 radical (unpaired) electrons. The van der Waals surface area contributed by atoms with Crippen LogP contribution in [-0.4, -0.2) is 36.5 Å². The second-order valence-corrected chi connectivity index (χ2v) is 5.97. The molecule has 0 aromatic heterocycles. The number of hydrogen-bond donors (Lipinski definition) is 0. The monoisotopic (exact) mass is 229 g/mol. The van der Waals surface area contributed by atoms with Crippen LogP contribution in [0.15, 0.2) is 0 Å². The molecule has 1 aliphatic heterocycles. The maximum atomic E-state index is 2.51. The third-order valence-electron chi connectivity index (χ3n) is 3.16. The summed E-state index contributed by atoms with van der Waals surface area (Å²) < 4.78 is 0. The smallest absolute Gasteiger partial charge is 0.00218 e. The Morgan fingerprint density at radius 2 is 1.13 bits per heavy atom. The Bertz CT molecular complexity index is 124. The third-order valence-corrected chi connectivity index (χ3v) is 4.31. The van der Waals surface area contributed by atoms with Crippen LogP contribution in [0, 0.1) is 0 Å². The molecule has 15 heavy (non-hydrogen) atoms. The summed E-state index contributed by atoms with van der Waals surface area (Å²) in [6.07, 6.45) is 11.5. The normalized spacial score (nSPS) is 24.6. The summed E-state index contributed by atoms with van der Waals surface area (Å²) in [4.78, 5) is 2.51. The van der Waals surface area contributed by atoms with E-state index in [2.05, 4.69) is 23.7 Å². The molecule has 0 aromatic rings. The van der Waals surface area contributed by atoms with E-state index in [1.54, 1.807) is 0 Å². The van der Waals surface area contributed by atoms with Crippen molar-refractivity contribution in [2.45, 2.75) is 51.4 Å². The average molecular weight is 229 g/mol. The van der Waals surface area contributed by atoms with Gasteiger partial charge in [-0.1, -0.05) is 25.7 Å². The highest BCUT2D eigenvalue weighted by molar-refractivity contribution is 7.99. The summed E-state index contributed by atoms with van der Waals surface area (Å²) in [7, 11) is 2.28. The van der Waals surface area contributed by atoms with Gasteiger partial charge in [0.25, 0.3) is 0 Å². The number of thioether (sulfide) groups is 1. The van der Waals surface area contributed by atoms with Crippen molar-refractivity contribution in [3.05, 3.63) is 0 Å². The summed E-state index contributed by atoms with van der Waals surface area (Å²) in [6, 6.07) is 0. The highest BCUT2D eigenvalue weighted by Crippen LogP contribution is 2.12. The van der Waals surface area contributed by atoms with Gasteiger partial charge in [-0.2, -0.15) is 11.8 Å². The van der Waals surface area contributed by atoms with Gasteiger partial charge in [-0.15, -0.1) is 0 Å². The van der Waals surface area contributed by atoms with Gasteiger partial charge in [-0.25, -0.2) is 0 Å². The van der Waals surface area contributed by atoms with E-state index in [0.29, 0.717) is 0 Å². The summed E-state index contributed by atoms with van der Waals surface area (Å²) in [6.45, 7) is 2.62. The average Bonchev–Trinajstić information content (AvgIpc) is 2.24. The van der Waals surface area contributed by atoms with Crippen molar-refractivity contribution in [2.75, 3.05) is 31.6 Å². The van der Waals surface area contributed by atoms with Crippen molar-refractivity contribution in [1.82, 2.24) is 4.90 Å². The van der Waals surface area contributed by atoms with Crippen molar-refractivity contribution in [1.29, 1.82) is 0 Å². The SMILES string of the molecule is CN1CCCCCCCSCCCCC1. The zero-order chi connectivity index (χ0) is 10.8. The molecular weight excluding hydrogens is 202 g/mol. The first-order chi connectivity index (χ1) is 7.39. The molecule has 0 unspecified atom stereocenters. The van der Waals surface area contributed by atoms with E-state index < -0.39 is 0 Å². The minimum absolute atomic E-state index is 1.31. The van der Waals surface area contributed by atoms with E-state index in [-0.39, 0.29) is 0 Å². The molecule has 1 heterocycles. The molecule has 1 saturated heterocycles. The standard InChI is InChI=1S/C13H27NS/c1-14-10-6-3-2-4-8-12-15-13-9-5-7-11-14/h2-13H2,1H3. The van der Waals surface area contributed by atoms with Crippen LogP contribution in [0.5, 0.6) is 0 Å². The van der Waals surface area contributed by atoms with Gasteiger partial charge in [-0.05, 0) is 57.3 Å². The lowest BCUT2D eigenvalue weighted by Crippen LogP contribution is -2.20. The van der Waals surface area contributed by atoms with Crippen LogP contribution in [0.3, 0.4) is 0 Å². The van der Waals surface area contributed by atoms with Crippen molar-refractivity contribution < 1.29 is 0 Å². The van der Waals surface area contributed by atoms with Gasteiger partial charge in [0.15, 0.2) is 0 Å². The molecule has 2 heteroatoms. The molecule has 0 saturated carbocycles. The fourth-order valence-corrected chi connectivity index (χ4v) is 3.11. The van der Waals surface area contributed by atoms with Crippen LogP contribution in [0.2, 0.25) is 0 Å². The van der Waals surface area contributed by atoms with Gasteiger partial charge in [0.2, 0.25) is 0 Å². The molecule has 90 valence electrons. The minimum Gasteiger partial charge on any atom is -0.306 e. The molecule has 0 amide bonds. The molecule has 0 spiro atoms. The number of nitrogens with zero attached hydrogens (tertiary/aromatic N) is 1. The molecule has 0 aromatic carbocycles. The first-order valence-electron chi connectivity index (χ1n) is 6.66. The van der Waals surface area contributed by atoms with Crippen LogP contribution in [0.1, 0.15) is 51.4 Å². The maximum absolute atomic E-state index is 2.51. The van der Waals surface area contributed by atoms with Gasteiger partial charge < -0.3 is 4.90 Å². The van der Waals surface area contributed by atoms with E-state index in [4.69, 9.17) is 0 Å². The number of hydrogen-bond acceptors (Lipinski definition) is 2. The summed E-state index contributed by atoms with van der Waals surface area (Å²) >= 11 is 2.17. The molecule has 0 N–H and O–H groups in total. The van der Waals surface area contributed by atoms with Crippen molar-refractivity contribution in [3.8, 4) is 0 Å². The van der Waals surface area contributed by atoms with Gasteiger partial charge >= 0.3 is 0 Å². The fraction of sp³-hybridized carbons (Fsp3) is 1.00. The second kappa shape index (κ2) is 9.53. The Morgan fingerprint density at radius 1 is 0.667 bits per heavy atom. The van der Waals surface area contributed by atoms with Crippen LogP contribution in [0.4, 0.5) is 0 Å². The van der Waals surface area contributed by atoms with E-state index in [9.17, 15) is 0 Å². The lowest BCUT2D eigenvalue weighted by molar-refractivity contribution is 0.316. The molecule has 0 atom stereocenters. The Kier molecular flexibility index (Phi) is 8.50. The first kappa shape index (κ1) is 13.4. The molecule has 1 aliphatic rings. The Labute approximate surface area is 100.0 Å². The van der Waals surface area contributed by atoms with E-state index in [0.717, 1.165) is 0 Å². The highest BCUT2D eigenvalue weighted by Gasteiger charge is 2.00. The summed E-state index contributed by atoms with van der Waals surface area (Å²) in [5, 5.41) is 0. The van der Waals surface area contributed by atoms with E-state index in [1.165, 1.54) is 76.0 Å². The van der Waals surface area contributed by atoms with Crippen LogP contribution >= 0.6 is 11.8 Å². The minimum atomic E-state index is 1.31. The lowest BCUT2D eigenvalue weighted by atomic mass is 10.1. The number of rotatable bonds is 0. The predicted octanol–water partition coefficient (Wildman–Crippen LogP) is 3.79. The third kappa shape index (κ3) is 8.15. The molecular formula is C13H27NS. The maximum Gasteiger partial charge on any atom is -0.00218 e. The zero-order valence-corrected chi connectivity index (χ0v) is 11.2. The predicted molar refractivity (Wildman–Crippen MR) is 71.8 cm³/mol. The van der Waals surface area contributed by atoms with Gasteiger partial charge in [0, 0.05) is 0 Å². The van der Waals surface area contributed by atoms with Gasteiger partial charge in [-0.3, -0.25) is 0 Å². The Balaban J connectivity index is 2.10. The van der Waals surface area contributed by atoms with Crippen LogP contribution in [0.25, 0.3) is 0 Å². The van der Waals surface area contributed by atoms with Crippen molar-refractivity contribution in [3.63, 3.8) is 0 Å². The molecule has 0 aliphatic carbocycles. The van der Waals surface area contributed by atoms with Crippen molar-refractivity contribution in [2.24, 2.45) is 0 Å². The zero-order valence-electron chi connectivity index (χ0n) is 10.3.